The van der Waals surface area contributed by atoms with Crippen molar-refractivity contribution in [1.82, 2.24) is 0 Å². The van der Waals surface area contributed by atoms with Crippen molar-refractivity contribution in [3.63, 3.8) is 0 Å². The molecule has 6 nitrogen and oxygen atoms in total. The van der Waals surface area contributed by atoms with Crippen LogP contribution in [0, 0.1) is 12.0 Å². The van der Waals surface area contributed by atoms with Gasteiger partial charge in [0.2, 0.25) is 5.60 Å². The van der Waals surface area contributed by atoms with Crippen LogP contribution in [0.3, 0.4) is 0 Å². The van der Waals surface area contributed by atoms with E-state index < -0.39 is 24.0 Å². The SMILES string of the molecule is O=C(O)CC(O)(C#CO)C(=O)O. The van der Waals surface area contributed by atoms with Crippen molar-refractivity contribution in [3.8, 4) is 12.0 Å². The molecule has 1 unspecified atom stereocenters. The Bertz CT molecular complexity index is 259. The Hall–Kier alpha value is -1.74. The van der Waals surface area contributed by atoms with Gasteiger partial charge in [0.15, 0.2) is 0 Å². The molecule has 0 saturated heterocycles. The van der Waals surface area contributed by atoms with Crippen LogP contribution in [0.5, 0.6) is 0 Å². The zero-order valence-electron chi connectivity index (χ0n) is 5.81. The summed E-state index contributed by atoms with van der Waals surface area (Å²) in [6.07, 6.45) is 0.0634. The van der Waals surface area contributed by atoms with Crippen molar-refractivity contribution in [2.24, 2.45) is 0 Å². The summed E-state index contributed by atoms with van der Waals surface area (Å²) in [6.45, 7) is 0. The van der Waals surface area contributed by atoms with Gasteiger partial charge in [-0.15, -0.1) is 0 Å². The highest BCUT2D eigenvalue weighted by molar-refractivity contribution is 5.87. The second kappa shape index (κ2) is 3.59. The van der Waals surface area contributed by atoms with E-state index in [1.807, 2.05) is 0 Å². The molecule has 0 radical (unpaired) electrons. The molecular formula is C6H6O6. The van der Waals surface area contributed by atoms with E-state index in [4.69, 9.17) is 20.4 Å². The number of carboxylic acids is 2. The van der Waals surface area contributed by atoms with Crippen molar-refractivity contribution in [1.29, 1.82) is 0 Å². The number of rotatable bonds is 3. The Balaban J connectivity index is 4.70. The van der Waals surface area contributed by atoms with E-state index in [-0.39, 0.29) is 0 Å². The topological polar surface area (TPSA) is 115 Å². The number of aliphatic hydroxyl groups excluding tert-OH is 1. The third-order valence-corrected chi connectivity index (χ3v) is 1.02. The lowest BCUT2D eigenvalue weighted by Gasteiger charge is -2.12. The van der Waals surface area contributed by atoms with Crippen molar-refractivity contribution in [2.75, 3.05) is 0 Å². The van der Waals surface area contributed by atoms with Crippen molar-refractivity contribution in [3.05, 3.63) is 0 Å². The fourth-order valence-electron chi connectivity index (χ4n) is 0.485. The zero-order valence-corrected chi connectivity index (χ0v) is 5.81. The third kappa shape index (κ3) is 2.48. The summed E-state index contributed by atoms with van der Waals surface area (Å²) < 4.78 is 0. The van der Waals surface area contributed by atoms with Gasteiger partial charge in [0, 0.05) is 0 Å². The van der Waals surface area contributed by atoms with Gasteiger partial charge in [0.25, 0.3) is 0 Å². The normalized spacial score (nSPS) is 13.8. The van der Waals surface area contributed by atoms with Gasteiger partial charge in [-0.25, -0.2) is 4.79 Å². The summed E-state index contributed by atoms with van der Waals surface area (Å²) in [6, 6.07) is 0. The molecule has 0 aromatic rings. The van der Waals surface area contributed by atoms with Crippen LogP contribution in [0.15, 0.2) is 0 Å². The number of aliphatic carboxylic acids is 2. The first-order valence-corrected chi connectivity index (χ1v) is 2.76. The summed E-state index contributed by atoms with van der Waals surface area (Å²) in [7, 11) is 0. The molecule has 66 valence electrons. The molecule has 0 fully saturated rings. The average Bonchev–Trinajstić information content (AvgIpc) is 1.85. The fourth-order valence-corrected chi connectivity index (χ4v) is 0.485. The predicted molar refractivity (Wildman–Crippen MR) is 34.6 cm³/mol. The van der Waals surface area contributed by atoms with Crippen LogP contribution in [0.1, 0.15) is 6.42 Å². The van der Waals surface area contributed by atoms with Gasteiger partial charge in [0.05, 0.1) is 6.42 Å². The molecule has 0 rings (SSSR count). The minimum Gasteiger partial charge on any atom is -0.481 e. The second-order valence-corrected chi connectivity index (χ2v) is 1.97. The maximum Gasteiger partial charge on any atom is 0.349 e. The Labute approximate surface area is 67.1 Å². The van der Waals surface area contributed by atoms with Crippen LogP contribution in [0.2, 0.25) is 0 Å². The first-order chi connectivity index (χ1) is 5.42. The first-order valence-electron chi connectivity index (χ1n) is 2.76. The molecule has 0 aliphatic rings. The average molecular weight is 174 g/mol. The molecule has 6 heteroatoms. The van der Waals surface area contributed by atoms with Crippen molar-refractivity contribution >= 4 is 11.9 Å². The standard InChI is InChI=1S/C6H6O6/c7-2-1-6(12,5(10)11)3-4(8)9/h7,12H,3H2,(H,8,9)(H,10,11). The largest absolute Gasteiger partial charge is 0.481 e. The quantitative estimate of drug-likeness (QED) is 0.391. The van der Waals surface area contributed by atoms with Gasteiger partial charge in [-0.05, 0) is 5.92 Å². The summed E-state index contributed by atoms with van der Waals surface area (Å²) in [5.41, 5.74) is -2.72. The molecule has 0 heterocycles. The van der Waals surface area contributed by atoms with Gasteiger partial charge in [-0.1, -0.05) is 0 Å². The lowest BCUT2D eigenvalue weighted by atomic mass is 10.0. The van der Waals surface area contributed by atoms with E-state index in [0.29, 0.717) is 0 Å². The smallest absolute Gasteiger partial charge is 0.349 e. The molecule has 0 spiro atoms. The molecule has 0 aliphatic heterocycles. The van der Waals surface area contributed by atoms with Crippen LogP contribution in [-0.2, 0) is 9.59 Å². The number of carbonyl (C=O) groups is 2. The van der Waals surface area contributed by atoms with Crippen LogP contribution in [0.25, 0.3) is 0 Å². The van der Waals surface area contributed by atoms with Gasteiger partial charge >= 0.3 is 11.9 Å². The van der Waals surface area contributed by atoms with Gasteiger partial charge in [-0.3, -0.25) is 4.79 Å². The fraction of sp³-hybridized carbons (Fsp3) is 0.333. The van der Waals surface area contributed by atoms with E-state index in [2.05, 4.69) is 0 Å². The maximum absolute atomic E-state index is 10.2. The number of aliphatic hydroxyl groups is 2. The Kier molecular flexibility index (Phi) is 3.07. The predicted octanol–water partition coefficient (Wildman–Crippen LogP) is -1.39. The van der Waals surface area contributed by atoms with Crippen LogP contribution < -0.4 is 0 Å². The van der Waals surface area contributed by atoms with Gasteiger partial charge in [0.1, 0.15) is 6.11 Å². The lowest BCUT2D eigenvalue weighted by Crippen LogP contribution is -2.39. The van der Waals surface area contributed by atoms with Crippen molar-refractivity contribution < 1.29 is 30.0 Å². The van der Waals surface area contributed by atoms with Crippen LogP contribution in [-0.4, -0.2) is 38.0 Å². The Morgan fingerprint density at radius 1 is 1.33 bits per heavy atom. The molecule has 0 aliphatic carbocycles. The molecular weight excluding hydrogens is 168 g/mol. The van der Waals surface area contributed by atoms with E-state index in [1.54, 1.807) is 0 Å². The number of carboxylic acid groups (broad SMARTS) is 2. The van der Waals surface area contributed by atoms with Crippen LogP contribution in [0.4, 0.5) is 0 Å². The van der Waals surface area contributed by atoms with E-state index in [1.165, 1.54) is 5.92 Å². The summed E-state index contributed by atoms with van der Waals surface area (Å²) in [5.74, 6) is -1.87. The summed E-state index contributed by atoms with van der Waals surface area (Å²) in [5, 5.41) is 33.4. The Morgan fingerprint density at radius 3 is 2.08 bits per heavy atom. The summed E-state index contributed by atoms with van der Waals surface area (Å²) >= 11 is 0. The first kappa shape index (κ1) is 10.3. The van der Waals surface area contributed by atoms with E-state index in [9.17, 15) is 9.59 Å². The molecule has 12 heavy (non-hydrogen) atoms. The molecule has 4 N–H and O–H groups in total. The monoisotopic (exact) mass is 174 g/mol. The van der Waals surface area contributed by atoms with E-state index in [0.717, 1.165) is 6.11 Å². The number of hydrogen-bond acceptors (Lipinski definition) is 4. The van der Waals surface area contributed by atoms with Gasteiger partial charge < -0.3 is 20.4 Å². The molecule has 0 aromatic heterocycles. The molecule has 0 amide bonds. The molecule has 0 saturated carbocycles. The highest BCUT2D eigenvalue weighted by Crippen LogP contribution is 2.08. The minimum absolute atomic E-state index is 1.09. The second-order valence-electron chi connectivity index (χ2n) is 1.97. The molecule has 0 bridgehead atoms. The van der Waals surface area contributed by atoms with Gasteiger partial charge in [-0.2, -0.15) is 0 Å². The Morgan fingerprint density at radius 2 is 1.83 bits per heavy atom. The maximum atomic E-state index is 10.2. The summed E-state index contributed by atoms with van der Waals surface area (Å²) in [4.78, 5) is 20.2. The highest BCUT2D eigenvalue weighted by Gasteiger charge is 2.37. The number of hydrogen-bond donors (Lipinski definition) is 4. The van der Waals surface area contributed by atoms with E-state index >= 15 is 0 Å². The highest BCUT2D eigenvalue weighted by atomic mass is 16.4. The molecule has 1 atom stereocenters. The van der Waals surface area contributed by atoms with Crippen molar-refractivity contribution in [2.45, 2.75) is 12.0 Å². The lowest BCUT2D eigenvalue weighted by molar-refractivity contribution is -0.159. The minimum atomic E-state index is -2.72. The van der Waals surface area contributed by atoms with Crippen LogP contribution >= 0.6 is 0 Å². The third-order valence-electron chi connectivity index (χ3n) is 1.02. The zero-order chi connectivity index (χ0) is 9.78. The molecule has 0 aromatic carbocycles.